The van der Waals surface area contributed by atoms with Crippen molar-refractivity contribution in [1.82, 2.24) is 10.4 Å². The van der Waals surface area contributed by atoms with Crippen molar-refractivity contribution >= 4 is 15.9 Å². The van der Waals surface area contributed by atoms with E-state index in [1.807, 2.05) is 24.3 Å². The van der Waals surface area contributed by atoms with Crippen LogP contribution in [0, 0.1) is 0 Å². The van der Waals surface area contributed by atoms with Crippen molar-refractivity contribution < 1.29 is 4.42 Å². The number of hydrogen-bond donors (Lipinski definition) is 2. The minimum atomic E-state index is -0.0336. The maximum Gasteiger partial charge on any atom is 0.169 e. The molecule has 1 atom stereocenters. The summed E-state index contributed by atoms with van der Waals surface area (Å²) in [4.78, 5) is 3.97. The van der Waals surface area contributed by atoms with Gasteiger partial charge in [0.05, 0.1) is 6.04 Å². The summed E-state index contributed by atoms with van der Waals surface area (Å²) in [5.74, 6) is 6.33. The Kier molecular flexibility index (Phi) is 3.71. The third-order valence-electron chi connectivity index (χ3n) is 2.33. The van der Waals surface area contributed by atoms with Crippen LogP contribution in [-0.2, 0) is 6.42 Å². The highest BCUT2D eigenvalue weighted by molar-refractivity contribution is 9.10. The van der Waals surface area contributed by atoms with Gasteiger partial charge in [0.25, 0.3) is 0 Å². The fourth-order valence-electron chi connectivity index (χ4n) is 1.51. The lowest BCUT2D eigenvalue weighted by Crippen LogP contribution is -2.29. The quantitative estimate of drug-likeness (QED) is 0.666. The SMILES string of the molecule is NNC(Cc1ccncc1)c1ccc(Br)o1. The first-order valence-corrected chi connectivity index (χ1v) is 5.69. The van der Waals surface area contributed by atoms with Gasteiger partial charge in [-0.05, 0) is 52.2 Å². The van der Waals surface area contributed by atoms with Crippen molar-refractivity contribution in [2.24, 2.45) is 5.84 Å². The Bertz CT molecular complexity index is 444. The van der Waals surface area contributed by atoms with E-state index in [0.29, 0.717) is 4.67 Å². The molecule has 0 aliphatic carbocycles. The average Bonchev–Trinajstić information content (AvgIpc) is 2.74. The molecule has 0 fully saturated rings. The first-order chi connectivity index (χ1) is 7.79. The van der Waals surface area contributed by atoms with Crippen LogP contribution >= 0.6 is 15.9 Å². The van der Waals surface area contributed by atoms with Crippen LogP contribution in [0.2, 0.25) is 0 Å². The Labute approximate surface area is 102 Å². The highest BCUT2D eigenvalue weighted by Gasteiger charge is 2.14. The average molecular weight is 282 g/mol. The molecule has 0 saturated heterocycles. The molecule has 2 rings (SSSR count). The Balaban J connectivity index is 2.12. The summed E-state index contributed by atoms with van der Waals surface area (Å²) in [6.45, 7) is 0. The largest absolute Gasteiger partial charge is 0.453 e. The number of pyridine rings is 1. The third-order valence-corrected chi connectivity index (χ3v) is 2.75. The predicted molar refractivity (Wildman–Crippen MR) is 64.4 cm³/mol. The number of nitrogens with two attached hydrogens (primary N) is 1. The fraction of sp³-hybridized carbons (Fsp3) is 0.182. The van der Waals surface area contributed by atoms with Crippen LogP contribution in [0.1, 0.15) is 17.4 Å². The second-order valence-electron chi connectivity index (χ2n) is 3.42. The van der Waals surface area contributed by atoms with Crippen LogP contribution in [0.3, 0.4) is 0 Å². The van der Waals surface area contributed by atoms with Crippen molar-refractivity contribution in [2.45, 2.75) is 12.5 Å². The van der Waals surface area contributed by atoms with Gasteiger partial charge in [0.1, 0.15) is 5.76 Å². The van der Waals surface area contributed by atoms with Gasteiger partial charge in [-0.1, -0.05) is 0 Å². The molecule has 0 amide bonds. The number of aromatic nitrogens is 1. The molecule has 0 aliphatic heterocycles. The van der Waals surface area contributed by atoms with E-state index < -0.39 is 0 Å². The fourth-order valence-corrected chi connectivity index (χ4v) is 1.83. The molecular formula is C11H12BrN3O. The zero-order chi connectivity index (χ0) is 11.4. The lowest BCUT2D eigenvalue weighted by atomic mass is 10.1. The van der Waals surface area contributed by atoms with Crippen LogP contribution in [0.25, 0.3) is 0 Å². The monoisotopic (exact) mass is 281 g/mol. The van der Waals surface area contributed by atoms with Crippen LogP contribution in [0.5, 0.6) is 0 Å². The standard InChI is InChI=1S/C11H12BrN3O/c12-11-2-1-10(16-11)9(15-13)7-8-3-5-14-6-4-8/h1-6,9,15H,7,13H2. The summed E-state index contributed by atoms with van der Waals surface area (Å²) in [7, 11) is 0. The number of hydrazine groups is 1. The van der Waals surface area contributed by atoms with Crippen LogP contribution in [0.15, 0.2) is 45.7 Å². The molecule has 0 radical (unpaired) electrons. The number of nitrogens with one attached hydrogen (secondary N) is 1. The predicted octanol–water partition coefficient (Wildman–Crippen LogP) is 2.18. The normalized spacial score (nSPS) is 12.6. The number of nitrogens with zero attached hydrogens (tertiary/aromatic N) is 1. The summed E-state index contributed by atoms with van der Waals surface area (Å²) >= 11 is 3.27. The highest BCUT2D eigenvalue weighted by Crippen LogP contribution is 2.22. The molecule has 84 valence electrons. The minimum Gasteiger partial charge on any atom is -0.453 e. The lowest BCUT2D eigenvalue weighted by Gasteiger charge is -2.12. The van der Waals surface area contributed by atoms with E-state index in [9.17, 15) is 0 Å². The second kappa shape index (κ2) is 5.25. The Morgan fingerprint density at radius 1 is 1.31 bits per heavy atom. The van der Waals surface area contributed by atoms with Gasteiger partial charge >= 0.3 is 0 Å². The molecular weight excluding hydrogens is 270 g/mol. The molecule has 2 aromatic rings. The summed E-state index contributed by atoms with van der Waals surface area (Å²) < 4.78 is 6.17. The zero-order valence-electron chi connectivity index (χ0n) is 8.56. The highest BCUT2D eigenvalue weighted by atomic mass is 79.9. The first kappa shape index (κ1) is 11.3. The smallest absolute Gasteiger partial charge is 0.169 e. The van der Waals surface area contributed by atoms with Gasteiger partial charge in [0.15, 0.2) is 4.67 Å². The molecule has 0 bridgehead atoms. The Morgan fingerprint density at radius 2 is 2.06 bits per heavy atom. The van der Waals surface area contributed by atoms with Crippen molar-refractivity contribution in [2.75, 3.05) is 0 Å². The molecule has 0 spiro atoms. The molecule has 3 N–H and O–H groups in total. The second-order valence-corrected chi connectivity index (χ2v) is 4.20. The Morgan fingerprint density at radius 3 is 2.62 bits per heavy atom. The van der Waals surface area contributed by atoms with Crippen LogP contribution in [0.4, 0.5) is 0 Å². The molecule has 0 aromatic carbocycles. The molecule has 0 aliphatic rings. The summed E-state index contributed by atoms with van der Waals surface area (Å²) in [6.07, 6.45) is 4.29. The zero-order valence-corrected chi connectivity index (χ0v) is 10.1. The summed E-state index contributed by atoms with van der Waals surface area (Å²) in [5.41, 5.74) is 3.90. The third kappa shape index (κ3) is 2.69. The molecule has 1 unspecified atom stereocenters. The maximum absolute atomic E-state index is 5.52. The van der Waals surface area contributed by atoms with Crippen molar-refractivity contribution in [3.8, 4) is 0 Å². The lowest BCUT2D eigenvalue weighted by molar-refractivity contribution is 0.404. The van der Waals surface area contributed by atoms with Gasteiger partial charge < -0.3 is 4.42 Å². The van der Waals surface area contributed by atoms with Gasteiger partial charge in [-0.25, -0.2) is 5.43 Å². The molecule has 2 heterocycles. The molecule has 5 heteroatoms. The number of rotatable bonds is 4. The van der Waals surface area contributed by atoms with E-state index in [-0.39, 0.29) is 6.04 Å². The molecule has 2 aromatic heterocycles. The van der Waals surface area contributed by atoms with Gasteiger partial charge in [-0.15, -0.1) is 0 Å². The summed E-state index contributed by atoms with van der Waals surface area (Å²) in [6, 6.07) is 7.64. The Hall–Kier alpha value is -1.17. The number of halogens is 1. The van der Waals surface area contributed by atoms with E-state index in [2.05, 4.69) is 26.3 Å². The number of furan rings is 1. The van der Waals surface area contributed by atoms with Gasteiger partial charge in [-0.3, -0.25) is 10.8 Å². The van der Waals surface area contributed by atoms with E-state index in [0.717, 1.165) is 17.7 Å². The topological polar surface area (TPSA) is 64.1 Å². The molecule has 0 saturated carbocycles. The van der Waals surface area contributed by atoms with Gasteiger partial charge in [0, 0.05) is 12.4 Å². The van der Waals surface area contributed by atoms with Gasteiger partial charge in [-0.2, -0.15) is 0 Å². The van der Waals surface area contributed by atoms with Crippen LogP contribution in [-0.4, -0.2) is 4.98 Å². The molecule has 4 nitrogen and oxygen atoms in total. The van der Waals surface area contributed by atoms with Crippen molar-refractivity contribution in [3.05, 3.63) is 52.7 Å². The van der Waals surface area contributed by atoms with Crippen molar-refractivity contribution in [1.29, 1.82) is 0 Å². The minimum absolute atomic E-state index is 0.0336. The first-order valence-electron chi connectivity index (χ1n) is 4.90. The van der Waals surface area contributed by atoms with E-state index in [1.54, 1.807) is 12.4 Å². The van der Waals surface area contributed by atoms with E-state index >= 15 is 0 Å². The maximum atomic E-state index is 5.52. The number of hydrogen-bond acceptors (Lipinski definition) is 4. The van der Waals surface area contributed by atoms with Gasteiger partial charge in [0.2, 0.25) is 0 Å². The van der Waals surface area contributed by atoms with E-state index in [4.69, 9.17) is 10.3 Å². The van der Waals surface area contributed by atoms with E-state index in [1.165, 1.54) is 0 Å². The van der Waals surface area contributed by atoms with Crippen LogP contribution < -0.4 is 11.3 Å². The molecule has 16 heavy (non-hydrogen) atoms. The summed E-state index contributed by atoms with van der Waals surface area (Å²) in [5, 5.41) is 0. The van der Waals surface area contributed by atoms with Crippen molar-refractivity contribution in [3.63, 3.8) is 0 Å².